The van der Waals surface area contributed by atoms with E-state index in [2.05, 4.69) is 15.0 Å². The van der Waals surface area contributed by atoms with Crippen LogP contribution in [0.25, 0.3) is 0 Å². The molecule has 0 radical (unpaired) electrons. The summed E-state index contributed by atoms with van der Waals surface area (Å²) in [5.74, 6) is -0.210. The van der Waals surface area contributed by atoms with Crippen LogP contribution in [0.1, 0.15) is 12.1 Å². The Balaban J connectivity index is 1.56. The van der Waals surface area contributed by atoms with Gasteiger partial charge in [0.05, 0.1) is 20.6 Å². The van der Waals surface area contributed by atoms with Gasteiger partial charge in [0.25, 0.3) is 10.0 Å². The van der Waals surface area contributed by atoms with Crippen molar-refractivity contribution < 1.29 is 13.2 Å². The fourth-order valence-electron chi connectivity index (χ4n) is 2.28. The molecule has 6 nitrogen and oxygen atoms in total. The number of nitrogens with one attached hydrogen (secondary N) is 2. The van der Waals surface area contributed by atoms with Crippen LogP contribution in [0.4, 0.5) is 10.8 Å². The Morgan fingerprint density at radius 1 is 1.07 bits per heavy atom. The molecule has 3 aromatic rings. The minimum absolute atomic E-state index is 0.160. The van der Waals surface area contributed by atoms with Crippen LogP contribution in [0.2, 0.25) is 10.0 Å². The standard InChI is InChI=1S/C18H15Cl2N3O3S2/c19-15-8-6-12(10-16(15)20)21-17(24)9-7-13-11-27-18(22-13)23-28(25,26)14-4-2-1-3-5-14/h1-6,8,10-11H,7,9H2,(H,21,24)(H,22,23). The number of carbonyl (C=O) groups is 1. The third kappa shape index (κ3) is 5.45. The van der Waals surface area contributed by atoms with Crippen molar-refractivity contribution in [2.24, 2.45) is 0 Å². The summed E-state index contributed by atoms with van der Waals surface area (Å²) >= 11 is 12.9. The van der Waals surface area contributed by atoms with Crippen LogP contribution in [0, 0.1) is 0 Å². The average Bonchev–Trinajstić information content (AvgIpc) is 3.10. The minimum atomic E-state index is -3.68. The molecular formula is C18H15Cl2N3O3S2. The van der Waals surface area contributed by atoms with E-state index < -0.39 is 10.0 Å². The van der Waals surface area contributed by atoms with Gasteiger partial charge in [-0.1, -0.05) is 41.4 Å². The van der Waals surface area contributed by atoms with Gasteiger partial charge in [0.15, 0.2) is 5.13 Å². The molecule has 1 amide bonds. The van der Waals surface area contributed by atoms with E-state index in [1.54, 1.807) is 41.8 Å². The largest absolute Gasteiger partial charge is 0.326 e. The third-order valence-electron chi connectivity index (χ3n) is 3.64. The molecule has 0 fully saturated rings. The predicted molar refractivity (Wildman–Crippen MR) is 113 cm³/mol. The SMILES string of the molecule is O=C(CCc1csc(NS(=O)(=O)c2ccccc2)n1)Nc1ccc(Cl)c(Cl)c1. The second kappa shape index (κ2) is 8.91. The summed E-state index contributed by atoms with van der Waals surface area (Å²) in [6.45, 7) is 0. The first-order valence-electron chi connectivity index (χ1n) is 8.11. The van der Waals surface area contributed by atoms with Crippen molar-refractivity contribution >= 4 is 61.3 Å². The molecule has 0 bridgehead atoms. The molecule has 0 atom stereocenters. The lowest BCUT2D eigenvalue weighted by molar-refractivity contribution is -0.116. The molecule has 10 heteroatoms. The average molecular weight is 456 g/mol. The minimum Gasteiger partial charge on any atom is -0.326 e. The zero-order chi connectivity index (χ0) is 20.1. The number of hydrogen-bond donors (Lipinski definition) is 2. The van der Waals surface area contributed by atoms with Crippen LogP contribution in [-0.2, 0) is 21.2 Å². The van der Waals surface area contributed by atoms with Crippen molar-refractivity contribution in [1.29, 1.82) is 0 Å². The fourth-order valence-corrected chi connectivity index (χ4v) is 4.60. The molecular weight excluding hydrogens is 441 g/mol. The number of aryl methyl sites for hydroxylation is 1. The molecule has 1 aromatic heterocycles. The number of thiazole rings is 1. The second-order valence-electron chi connectivity index (χ2n) is 5.74. The molecule has 3 rings (SSSR count). The molecule has 2 aromatic carbocycles. The van der Waals surface area contributed by atoms with E-state index in [0.29, 0.717) is 27.8 Å². The van der Waals surface area contributed by atoms with Crippen LogP contribution in [0.5, 0.6) is 0 Å². The summed E-state index contributed by atoms with van der Waals surface area (Å²) in [4.78, 5) is 16.5. The Kier molecular flexibility index (Phi) is 6.56. The van der Waals surface area contributed by atoms with Gasteiger partial charge in [-0.3, -0.25) is 9.52 Å². The number of nitrogens with zero attached hydrogens (tertiary/aromatic N) is 1. The highest BCUT2D eigenvalue weighted by Gasteiger charge is 2.16. The molecule has 0 aliphatic heterocycles. The van der Waals surface area contributed by atoms with E-state index in [9.17, 15) is 13.2 Å². The van der Waals surface area contributed by atoms with E-state index in [1.807, 2.05) is 0 Å². The number of carbonyl (C=O) groups excluding carboxylic acids is 1. The van der Waals surface area contributed by atoms with Crippen LogP contribution in [-0.4, -0.2) is 19.3 Å². The molecule has 0 saturated heterocycles. The van der Waals surface area contributed by atoms with Crippen molar-refractivity contribution in [3.8, 4) is 0 Å². The maximum atomic E-state index is 12.3. The van der Waals surface area contributed by atoms with Crippen molar-refractivity contribution in [3.63, 3.8) is 0 Å². The highest BCUT2D eigenvalue weighted by Crippen LogP contribution is 2.25. The number of sulfonamides is 1. The lowest BCUT2D eigenvalue weighted by Crippen LogP contribution is -2.13. The van der Waals surface area contributed by atoms with E-state index >= 15 is 0 Å². The van der Waals surface area contributed by atoms with Gasteiger partial charge in [0.2, 0.25) is 5.91 Å². The van der Waals surface area contributed by atoms with E-state index in [0.717, 1.165) is 0 Å². The summed E-state index contributed by atoms with van der Waals surface area (Å²) in [6, 6.07) is 12.9. The number of aromatic nitrogens is 1. The summed E-state index contributed by atoms with van der Waals surface area (Å²) in [6.07, 6.45) is 0.561. The van der Waals surface area contributed by atoms with Gasteiger partial charge in [0.1, 0.15) is 0 Å². The molecule has 2 N–H and O–H groups in total. The first-order valence-corrected chi connectivity index (χ1v) is 11.2. The summed E-state index contributed by atoms with van der Waals surface area (Å²) < 4.78 is 27.1. The maximum Gasteiger partial charge on any atom is 0.263 e. The normalized spacial score (nSPS) is 11.2. The lowest BCUT2D eigenvalue weighted by atomic mass is 10.2. The van der Waals surface area contributed by atoms with Crippen LogP contribution < -0.4 is 10.0 Å². The molecule has 0 saturated carbocycles. The number of anilines is 2. The van der Waals surface area contributed by atoms with Gasteiger partial charge in [-0.2, -0.15) is 0 Å². The van der Waals surface area contributed by atoms with Gasteiger partial charge in [-0.25, -0.2) is 13.4 Å². The number of halogens is 2. The fraction of sp³-hybridized carbons (Fsp3) is 0.111. The molecule has 146 valence electrons. The van der Waals surface area contributed by atoms with Crippen molar-refractivity contribution in [1.82, 2.24) is 4.98 Å². The number of amides is 1. The first-order chi connectivity index (χ1) is 13.3. The zero-order valence-electron chi connectivity index (χ0n) is 14.4. The Morgan fingerprint density at radius 3 is 2.54 bits per heavy atom. The zero-order valence-corrected chi connectivity index (χ0v) is 17.5. The van der Waals surface area contributed by atoms with Crippen LogP contribution >= 0.6 is 34.5 Å². The maximum absolute atomic E-state index is 12.3. The second-order valence-corrected chi connectivity index (χ2v) is 9.09. The van der Waals surface area contributed by atoms with Gasteiger partial charge in [0, 0.05) is 17.5 Å². The van der Waals surface area contributed by atoms with Crippen molar-refractivity contribution in [2.45, 2.75) is 17.7 Å². The Labute approximate surface area is 176 Å². The summed E-state index contributed by atoms with van der Waals surface area (Å²) in [5, 5.41) is 5.47. The Bertz CT molecular complexity index is 1090. The van der Waals surface area contributed by atoms with Crippen molar-refractivity contribution in [2.75, 3.05) is 10.0 Å². The highest BCUT2D eigenvalue weighted by molar-refractivity contribution is 7.93. The lowest BCUT2D eigenvalue weighted by Gasteiger charge is -2.06. The van der Waals surface area contributed by atoms with Gasteiger partial charge in [-0.05, 0) is 36.8 Å². The Morgan fingerprint density at radius 2 is 1.82 bits per heavy atom. The molecule has 0 unspecified atom stereocenters. The third-order valence-corrected chi connectivity index (χ3v) is 6.67. The number of rotatable bonds is 7. The quantitative estimate of drug-likeness (QED) is 0.534. The van der Waals surface area contributed by atoms with Crippen LogP contribution in [0.3, 0.4) is 0 Å². The van der Waals surface area contributed by atoms with E-state index in [-0.39, 0.29) is 22.4 Å². The van der Waals surface area contributed by atoms with Gasteiger partial charge < -0.3 is 5.32 Å². The highest BCUT2D eigenvalue weighted by atomic mass is 35.5. The summed E-state index contributed by atoms with van der Waals surface area (Å²) in [5.41, 5.74) is 1.18. The molecule has 0 spiro atoms. The van der Waals surface area contributed by atoms with E-state index in [4.69, 9.17) is 23.2 Å². The Hall–Kier alpha value is -2.13. The molecule has 28 heavy (non-hydrogen) atoms. The topological polar surface area (TPSA) is 88.2 Å². The van der Waals surface area contributed by atoms with Gasteiger partial charge in [-0.15, -0.1) is 11.3 Å². The number of benzene rings is 2. The smallest absolute Gasteiger partial charge is 0.263 e. The molecule has 0 aliphatic carbocycles. The molecule has 0 aliphatic rings. The van der Waals surface area contributed by atoms with Crippen LogP contribution in [0.15, 0.2) is 58.8 Å². The number of hydrogen-bond acceptors (Lipinski definition) is 5. The van der Waals surface area contributed by atoms with E-state index in [1.165, 1.54) is 23.5 Å². The van der Waals surface area contributed by atoms with Gasteiger partial charge >= 0.3 is 0 Å². The van der Waals surface area contributed by atoms with Crippen molar-refractivity contribution in [3.05, 3.63) is 69.7 Å². The monoisotopic (exact) mass is 455 g/mol. The predicted octanol–water partition coefficient (Wildman–Crippen LogP) is 4.82. The molecule has 1 heterocycles. The summed E-state index contributed by atoms with van der Waals surface area (Å²) in [7, 11) is -3.68. The first kappa shape index (κ1) is 20.6.